The maximum absolute atomic E-state index is 13.0. The molecule has 130 valence electrons. The first-order valence-corrected chi connectivity index (χ1v) is 7.78. The Hall–Kier alpha value is -2.55. The number of amides is 1. The molecule has 0 atom stereocenters. The Labute approximate surface area is 144 Å². The van der Waals surface area contributed by atoms with Crippen LogP contribution in [0.4, 0.5) is 19.0 Å². The van der Waals surface area contributed by atoms with E-state index in [9.17, 15) is 18.0 Å². The maximum Gasteiger partial charge on any atom is 0.449 e. The molecule has 0 saturated heterocycles. The molecule has 10 heteroatoms. The van der Waals surface area contributed by atoms with Gasteiger partial charge >= 0.3 is 6.18 Å². The highest BCUT2D eigenvalue weighted by atomic mass is 35.5. The van der Waals surface area contributed by atoms with Crippen molar-refractivity contribution in [2.24, 2.45) is 4.99 Å². The van der Waals surface area contributed by atoms with Gasteiger partial charge in [0, 0.05) is 11.6 Å². The predicted octanol–water partition coefficient (Wildman–Crippen LogP) is 2.91. The molecule has 2 aliphatic heterocycles. The Balaban J connectivity index is 1.79. The zero-order chi connectivity index (χ0) is 17.8. The summed E-state index contributed by atoms with van der Waals surface area (Å²) in [6.45, 7) is 0.939. The minimum atomic E-state index is -4.67. The third-order valence-corrected chi connectivity index (χ3v) is 4.23. The molecule has 0 spiro atoms. The molecule has 0 fully saturated rings. The van der Waals surface area contributed by atoms with Crippen LogP contribution in [0.3, 0.4) is 0 Å². The number of H-pyrrole nitrogens is 1. The van der Waals surface area contributed by atoms with Gasteiger partial charge in [0.15, 0.2) is 5.82 Å². The van der Waals surface area contributed by atoms with E-state index < -0.39 is 17.9 Å². The summed E-state index contributed by atoms with van der Waals surface area (Å²) in [5.74, 6) is -1.51. The molecular formula is C15H11ClF3N5O. The summed E-state index contributed by atoms with van der Waals surface area (Å²) in [6, 6.07) is 6.89. The molecule has 3 heterocycles. The number of aromatic nitrogens is 2. The summed E-state index contributed by atoms with van der Waals surface area (Å²) in [5.41, 5.74) is 0.623. The fourth-order valence-corrected chi connectivity index (χ4v) is 2.98. The van der Waals surface area contributed by atoms with Gasteiger partial charge in [-0.25, -0.2) is 4.98 Å². The van der Waals surface area contributed by atoms with Crippen LogP contribution in [0.1, 0.15) is 21.9 Å². The number of anilines is 1. The summed E-state index contributed by atoms with van der Waals surface area (Å²) in [7, 11) is 0. The zero-order valence-electron chi connectivity index (χ0n) is 12.6. The van der Waals surface area contributed by atoms with Crippen molar-refractivity contribution in [3.63, 3.8) is 0 Å². The van der Waals surface area contributed by atoms with Crippen molar-refractivity contribution in [3.05, 3.63) is 46.4 Å². The van der Waals surface area contributed by atoms with Crippen molar-refractivity contribution < 1.29 is 18.0 Å². The smallest absolute Gasteiger partial charge is 0.328 e. The molecule has 6 nitrogen and oxygen atoms in total. The van der Waals surface area contributed by atoms with E-state index in [4.69, 9.17) is 11.6 Å². The van der Waals surface area contributed by atoms with Gasteiger partial charge in [-0.2, -0.15) is 13.2 Å². The van der Waals surface area contributed by atoms with Crippen LogP contribution in [0, 0.1) is 0 Å². The van der Waals surface area contributed by atoms with Gasteiger partial charge in [0.2, 0.25) is 11.8 Å². The number of hydrogen-bond acceptors (Lipinski definition) is 4. The number of fused-ring (bicyclic) bond motifs is 2. The average Bonchev–Trinajstić information content (AvgIpc) is 3.20. The van der Waals surface area contributed by atoms with E-state index in [-0.39, 0.29) is 18.1 Å². The van der Waals surface area contributed by atoms with Crippen LogP contribution in [-0.4, -0.2) is 39.8 Å². The van der Waals surface area contributed by atoms with E-state index >= 15 is 0 Å². The molecule has 0 radical (unpaired) electrons. The van der Waals surface area contributed by atoms with Crippen molar-refractivity contribution in [2.45, 2.75) is 12.7 Å². The second-order valence-corrected chi connectivity index (χ2v) is 6.07. The molecule has 4 rings (SSSR count). The summed E-state index contributed by atoms with van der Waals surface area (Å²) in [4.78, 5) is 25.3. The summed E-state index contributed by atoms with van der Waals surface area (Å²) >= 11 is 5.86. The Morgan fingerprint density at radius 3 is 2.64 bits per heavy atom. The van der Waals surface area contributed by atoms with Crippen molar-refractivity contribution in [3.8, 4) is 0 Å². The molecule has 25 heavy (non-hydrogen) atoms. The fraction of sp³-hybridized carbons (Fsp3) is 0.267. The number of carbonyl (C=O) groups excluding carboxylic acids is 1. The van der Waals surface area contributed by atoms with Gasteiger partial charge in [0.25, 0.3) is 5.91 Å². The lowest BCUT2D eigenvalue weighted by atomic mass is 10.2. The average molecular weight is 370 g/mol. The third kappa shape index (κ3) is 2.64. The topological polar surface area (TPSA) is 64.6 Å². The van der Waals surface area contributed by atoms with Gasteiger partial charge in [-0.05, 0) is 17.7 Å². The number of aliphatic imine (C=N–C) groups is 1. The Morgan fingerprint density at radius 1 is 1.24 bits per heavy atom. The highest BCUT2D eigenvalue weighted by Gasteiger charge is 2.44. The van der Waals surface area contributed by atoms with Crippen LogP contribution >= 0.6 is 11.6 Å². The first kappa shape index (κ1) is 15.9. The van der Waals surface area contributed by atoms with Crippen LogP contribution in [0.2, 0.25) is 5.02 Å². The van der Waals surface area contributed by atoms with Crippen LogP contribution in [0.15, 0.2) is 29.3 Å². The molecule has 0 saturated carbocycles. The first-order chi connectivity index (χ1) is 11.8. The number of hydrogen-bond donors (Lipinski definition) is 1. The molecule has 2 aliphatic rings. The highest BCUT2D eigenvalue weighted by molar-refractivity contribution is 6.30. The lowest BCUT2D eigenvalue weighted by Crippen LogP contribution is -2.49. The van der Waals surface area contributed by atoms with Crippen molar-refractivity contribution >= 4 is 29.3 Å². The van der Waals surface area contributed by atoms with Crippen molar-refractivity contribution in [2.75, 3.05) is 18.0 Å². The first-order valence-electron chi connectivity index (χ1n) is 7.40. The molecule has 0 unspecified atom stereocenters. The summed E-state index contributed by atoms with van der Waals surface area (Å²) in [6.07, 6.45) is -4.67. The SMILES string of the molecule is O=C1c2[nH]c(C(F)(F)F)nc2N(Cc2ccc(Cl)cc2)C2=NCCN12. The molecule has 1 aromatic heterocycles. The van der Waals surface area contributed by atoms with Gasteiger partial charge in [-0.15, -0.1) is 0 Å². The highest BCUT2D eigenvalue weighted by Crippen LogP contribution is 2.35. The minimum absolute atomic E-state index is 0.0656. The molecule has 1 amide bonds. The number of halogens is 4. The molecular weight excluding hydrogens is 359 g/mol. The zero-order valence-corrected chi connectivity index (χ0v) is 13.4. The van der Waals surface area contributed by atoms with Crippen LogP contribution < -0.4 is 4.90 Å². The molecule has 0 aliphatic carbocycles. The second kappa shape index (κ2) is 5.48. The third-order valence-electron chi connectivity index (χ3n) is 3.98. The number of guanidine groups is 1. The van der Waals surface area contributed by atoms with Gasteiger partial charge in [-0.1, -0.05) is 23.7 Å². The van der Waals surface area contributed by atoms with E-state index in [1.165, 1.54) is 9.80 Å². The van der Waals surface area contributed by atoms with Gasteiger partial charge in [0.1, 0.15) is 5.69 Å². The van der Waals surface area contributed by atoms with E-state index in [1.54, 1.807) is 24.3 Å². The number of nitrogens with zero attached hydrogens (tertiary/aromatic N) is 4. The molecule has 1 aromatic carbocycles. The lowest BCUT2D eigenvalue weighted by molar-refractivity contribution is -0.144. The van der Waals surface area contributed by atoms with Crippen LogP contribution in [-0.2, 0) is 12.7 Å². The predicted molar refractivity (Wildman–Crippen MR) is 84.6 cm³/mol. The van der Waals surface area contributed by atoms with E-state index in [0.717, 1.165) is 5.56 Å². The van der Waals surface area contributed by atoms with Crippen LogP contribution in [0.25, 0.3) is 0 Å². The monoisotopic (exact) mass is 369 g/mol. The van der Waals surface area contributed by atoms with Gasteiger partial charge in [0.05, 0.1) is 13.1 Å². The number of carbonyl (C=O) groups is 1. The number of benzene rings is 1. The van der Waals surface area contributed by atoms with E-state index in [1.807, 2.05) is 0 Å². The fourth-order valence-electron chi connectivity index (χ4n) is 2.85. The number of alkyl halides is 3. The molecule has 1 N–H and O–H groups in total. The van der Waals surface area contributed by atoms with E-state index in [2.05, 4.69) is 15.0 Å². The number of imidazole rings is 1. The Kier molecular flexibility index (Phi) is 3.50. The van der Waals surface area contributed by atoms with Crippen molar-refractivity contribution in [1.82, 2.24) is 14.9 Å². The Morgan fingerprint density at radius 2 is 1.96 bits per heavy atom. The largest absolute Gasteiger partial charge is 0.449 e. The molecule has 0 bridgehead atoms. The van der Waals surface area contributed by atoms with E-state index in [0.29, 0.717) is 24.1 Å². The quantitative estimate of drug-likeness (QED) is 0.885. The second-order valence-electron chi connectivity index (χ2n) is 5.63. The summed E-state index contributed by atoms with van der Waals surface area (Å²) in [5, 5.41) is 0.553. The standard InChI is InChI=1S/C15H11ClF3N5O/c16-9-3-1-8(2-4-9)7-24-11-10(21-13(22-11)15(17,18)19)12(25)23-6-5-20-14(23)24/h1-4H,5-7H2,(H,21,22). The summed E-state index contributed by atoms with van der Waals surface area (Å²) < 4.78 is 39.0. The normalized spacial score (nSPS) is 16.8. The molecule has 2 aromatic rings. The number of aromatic amines is 1. The van der Waals surface area contributed by atoms with Crippen LogP contribution in [0.5, 0.6) is 0 Å². The van der Waals surface area contributed by atoms with Crippen molar-refractivity contribution in [1.29, 1.82) is 0 Å². The van der Waals surface area contributed by atoms with Gasteiger partial charge in [-0.3, -0.25) is 19.6 Å². The van der Waals surface area contributed by atoms with Gasteiger partial charge < -0.3 is 4.98 Å². The number of nitrogens with one attached hydrogen (secondary N) is 1. The number of rotatable bonds is 2. The maximum atomic E-state index is 13.0. The lowest BCUT2D eigenvalue weighted by Gasteiger charge is -2.33. The minimum Gasteiger partial charge on any atom is -0.328 e. The Bertz CT molecular complexity index is 874.